The molecule has 0 atom stereocenters. The average Bonchev–Trinajstić information content (AvgIpc) is 3.21. The van der Waals surface area contributed by atoms with E-state index in [4.69, 9.17) is 0 Å². The Morgan fingerprint density at radius 3 is 2.69 bits per heavy atom. The molecule has 0 aliphatic rings. The molecule has 5 aromatic rings. The fourth-order valence-electron chi connectivity index (χ4n) is 3.15. The summed E-state index contributed by atoms with van der Waals surface area (Å²) in [4.78, 5) is 34.1. The van der Waals surface area contributed by atoms with E-state index in [1.54, 1.807) is 18.3 Å². The lowest BCUT2D eigenvalue weighted by Crippen LogP contribution is -2.05. The van der Waals surface area contributed by atoms with Crippen LogP contribution in [0.5, 0.6) is 0 Å². The molecule has 0 radical (unpaired) electrons. The van der Waals surface area contributed by atoms with Crippen molar-refractivity contribution < 1.29 is 4.39 Å². The maximum Gasteiger partial charge on any atom is 0.265 e. The van der Waals surface area contributed by atoms with E-state index in [1.807, 2.05) is 0 Å². The van der Waals surface area contributed by atoms with Crippen LogP contribution >= 0.6 is 11.8 Å². The summed E-state index contributed by atoms with van der Waals surface area (Å²) < 4.78 is 13.8. The largest absolute Gasteiger partial charge is 0.332 e. The average molecular weight is 367 g/mol. The molecule has 26 heavy (non-hydrogen) atoms. The number of imidazole rings is 1. The van der Waals surface area contributed by atoms with Gasteiger partial charge >= 0.3 is 0 Å². The number of nitrogens with one attached hydrogen (secondary N) is 4. The predicted molar refractivity (Wildman–Crippen MR) is 97.2 cm³/mol. The molecule has 0 saturated carbocycles. The number of rotatable bonds is 2. The molecule has 5 rings (SSSR count). The molecule has 3 heterocycles. The number of fused-ring (bicyclic) bond motifs is 6. The molecule has 2 aromatic carbocycles. The number of halogens is 1. The van der Waals surface area contributed by atoms with Crippen LogP contribution in [0.2, 0.25) is 0 Å². The molecule has 0 aliphatic heterocycles. The third-order valence-electron chi connectivity index (χ3n) is 4.20. The van der Waals surface area contributed by atoms with E-state index in [0.717, 1.165) is 0 Å². The van der Waals surface area contributed by atoms with Crippen molar-refractivity contribution in [1.29, 1.82) is 0 Å². The molecule has 4 N–H and O–H groups in total. The number of aromatic amines is 4. The SMILES string of the molecule is O=c1cc(Sc2nc3c4cc[nH]c(=O)c4c4cc(F)ccc4c3[nH]2)[nH][nH]1. The zero-order chi connectivity index (χ0) is 17.8. The first-order valence-electron chi connectivity index (χ1n) is 7.68. The van der Waals surface area contributed by atoms with Gasteiger partial charge in [-0.1, -0.05) is 0 Å². The van der Waals surface area contributed by atoms with E-state index in [9.17, 15) is 14.0 Å². The van der Waals surface area contributed by atoms with Gasteiger partial charge in [-0.05, 0) is 36.0 Å². The molecule has 9 heteroatoms. The van der Waals surface area contributed by atoms with Gasteiger partial charge in [-0.15, -0.1) is 0 Å². The van der Waals surface area contributed by atoms with Crippen molar-refractivity contribution in [2.45, 2.75) is 10.2 Å². The zero-order valence-electron chi connectivity index (χ0n) is 13.0. The Kier molecular flexibility index (Phi) is 3.07. The number of aromatic nitrogens is 5. The highest BCUT2D eigenvalue weighted by atomic mass is 32.2. The topological polar surface area (TPSA) is 110 Å². The first-order chi connectivity index (χ1) is 12.6. The number of hydrogen-bond acceptors (Lipinski definition) is 4. The van der Waals surface area contributed by atoms with E-state index in [2.05, 4.69) is 25.1 Å². The predicted octanol–water partition coefficient (Wildman–Crippen LogP) is 2.86. The van der Waals surface area contributed by atoms with Crippen molar-refractivity contribution in [3.05, 3.63) is 63.1 Å². The summed E-state index contributed by atoms with van der Waals surface area (Å²) in [6, 6.07) is 7.50. The Balaban J connectivity index is 1.88. The molecular weight excluding hydrogens is 357 g/mol. The van der Waals surface area contributed by atoms with E-state index >= 15 is 0 Å². The third kappa shape index (κ3) is 2.17. The minimum Gasteiger partial charge on any atom is -0.332 e. The van der Waals surface area contributed by atoms with E-state index in [1.165, 1.54) is 30.0 Å². The number of benzene rings is 2. The lowest BCUT2D eigenvalue weighted by molar-refractivity contribution is 0.630. The summed E-state index contributed by atoms with van der Waals surface area (Å²) in [5.41, 5.74) is 0.790. The second kappa shape index (κ2) is 5.33. The van der Waals surface area contributed by atoms with Crippen LogP contribution in [-0.2, 0) is 0 Å². The molecule has 0 unspecified atom stereocenters. The summed E-state index contributed by atoms with van der Waals surface area (Å²) in [5.74, 6) is -0.416. The smallest absolute Gasteiger partial charge is 0.265 e. The molecular formula is C17H10FN5O2S. The number of pyridine rings is 1. The van der Waals surface area contributed by atoms with Crippen molar-refractivity contribution in [3.8, 4) is 0 Å². The van der Waals surface area contributed by atoms with Crippen molar-refractivity contribution in [1.82, 2.24) is 25.1 Å². The Bertz CT molecular complexity index is 1430. The van der Waals surface area contributed by atoms with Gasteiger partial charge in [-0.3, -0.25) is 19.8 Å². The van der Waals surface area contributed by atoms with E-state index in [0.29, 0.717) is 42.8 Å². The molecule has 3 aromatic heterocycles. The van der Waals surface area contributed by atoms with Crippen molar-refractivity contribution in [3.63, 3.8) is 0 Å². The molecule has 0 fully saturated rings. The first kappa shape index (κ1) is 15.0. The second-order valence-corrected chi connectivity index (χ2v) is 6.81. The maximum absolute atomic E-state index is 13.8. The Morgan fingerprint density at radius 2 is 1.88 bits per heavy atom. The van der Waals surface area contributed by atoms with Crippen LogP contribution in [0.3, 0.4) is 0 Å². The highest BCUT2D eigenvalue weighted by molar-refractivity contribution is 7.99. The van der Waals surface area contributed by atoms with Crippen LogP contribution in [-0.4, -0.2) is 25.1 Å². The summed E-state index contributed by atoms with van der Waals surface area (Å²) in [6.07, 6.45) is 1.54. The second-order valence-electron chi connectivity index (χ2n) is 5.78. The van der Waals surface area contributed by atoms with Crippen LogP contribution in [0.4, 0.5) is 4.39 Å². The molecule has 0 spiro atoms. The lowest BCUT2D eigenvalue weighted by Gasteiger charge is -2.05. The molecule has 128 valence electrons. The van der Waals surface area contributed by atoms with Gasteiger partial charge in [0.2, 0.25) is 0 Å². The van der Waals surface area contributed by atoms with Crippen molar-refractivity contribution >= 4 is 44.3 Å². The van der Waals surface area contributed by atoms with Gasteiger partial charge in [0, 0.05) is 28.4 Å². The lowest BCUT2D eigenvalue weighted by atomic mass is 10.0. The summed E-state index contributed by atoms with van der Waals surface area (Å²) in [5, 5.41) is 8.62. The number of hydrogen-bond donors (Lipinski definition) is 4. The fraction of sp³-hybridized carbons (Fsp3) is 0. The highest BCUT2D eigenvalue weighted by Crippen LogP contribution is 2.34. The molecule has 0 aliphatic carbocycles. The first-order valence-corrected chi connectivity index (χ1v) is 8.50. The summed E-state index contributed by atoms with van der Waals surface area (Å²) in [6.45, 7) is 0. The van der Waals surface area contributed by atoms with E-state index in [-0.39, 0.29) is 11.1 Å². The van der Waals surface area contributed by atoms with Crippen LogP contribution in [0.1, 0.15) is 0 Å². The van der Waals surface area contributed by atoms with Gasteiger partial charge in [0.25, 0.3) is 11.1 Å². The normalized spacial score (nSPS) is 11.7. The highest BCUT2D eigenvalue weighted by Gasteiger charge is 2.16. The van der Waals surface area contributed by atoms with Crippen molar-refractivity contribution in [2.24, 2.45) is 0 Å². The summed E-state index contributed by atoms with van der Waals surface area (Å²) in [7, 11) is 0. The van der Waals surface area contributed by atoms with Gasteiger partial charge in [0.05, 0.1) is 16.4 Å². The minimum atomic E-state index is -0.416. The quantitative estimate of drug-likeness (QED) is 0.360. The fourth-order valence-corrected chi connectivity index (χ4v) is 3.91. The van der Waals surface area contributed by atoms with Crippen LogP contribution < -0.4 is 11.1 Å². The zero-order valence-corrected chi connectivity index (χ0v) is 13.8. The van der Waals surface area contributed by atoms with Gasteiger partial charge in [0.15, 0.2) is 5.16 Å². The van der Waals surface area contributed by atoms with Gasteiger partial charge in [0.1, 0.15) is 10.8 Å². The van der Waals surface area contributed by atoms with Crippen molar-refractivity contribution in [2.75, 3.05) is 0 Å². The molecule has 7 nitrogen and oxygen atoms in total. The summed E-state index contributed by atoms with van der Waals surface area (Å²) >= 11 is 1.25. The Labute approximate surface area is 147 Å². The standard InChI is InChI=1S/C17H10FN5O2S/c18-7-1-2-8-10(5-7)13-9(3-4-19-16(13)25)15-14(8)20-17(21-15)26-12-6-11(24)22-23-12/h1-6H,(H,19,25)(H,20,21)(H2,22,23,24). The van der Waals surface area contributed by atoms with Gasteiger partial charge in [-0.25, -0.2) is 9.37 Å². The van der Waals surface area contributed by atoms with Crippen LogP contribution in [0.25, 0.3) is 32.6 Å². The number of nitrogens with zero attached hydrogens (tertiary/aromatic N) is 1. The van der Waals surface area contributed by atoms with Gasteiger partial charge in [-0.2, -0.15) is 0 Å². The molecule has 0 saturated heterocycles. The van der Waals surface area contributed by atoms with Crippen LogP contribution in [0.15, 0.2) is 56.3 Å². The third-order valence-corrected chi connectivity index (χ3v) is 5.02. The Hall–Kier alpha value is -3.33. The maximum atomic E-state index is 13.8. The monoisotopic (exact) mass is 367 g/mol. The Morgan fingerprint density at radius 1 is 1.00 bits per heavy atom. The number of H-pyrrole nitrogens is 4. The van der Waals surface area contributed by atoms with Crippen LogP contribution in [0, 0.1) is 5.82 Å². The molecule has 0 amide bonds. The molecule has 0 bridgehead atoms. The van der Waals surface area contributed by atoms with E-state index < -0.39 is 5.82 Å². The minimum absolute atomic E-state index is 0.235. The van der Waals surface area contributed by atoms with Gasteiger partial charge < -0.3 is 9.97 Å².